The van der Waals surface area contributed by atoms with Crippen molar-refractivity contribution in [3.8, 4) is 0 Å². The molecule has 32 heavy (non-hydrogen) atoms. The average molecular weight is 437 g/mol. The molecule has 0 saturated heterocycles. The Balaban J connectivity index is 1.60. The predicted octanol–water partition coefficient (Wildman–Crippen LogP) is 7.36. The van der Waals surface area contributed by atoms with Crippen LogP contribution in [0.4, 0.5) is 0 Å². The first-order valence-electron chi connectivity index (χ1n) is 11.0. The minimum Gasteiger partial charge on any atom is -0.284 e. The molecule has 3 heteroatoms. The van der Waals surface area contributed by atoms with Gasteiger partial charge in [0.2, 0.25) is 0 Å². The molecule has 1 aromatic heterocycles. The van der Waals surface area contributed by atoms with Crippen molar-refractivity contribution in [2.24, 2.45) is 4.99 Å². The summed E-state index contributed by atoms with van der Waals surface area (Å²) in [6.45, 7) is 4.24. The molecule has 2 atom stereocenters. The SMILES string of the molecule is CC1=C(c2ccccc2)C=NC2CC=C(C(c3ccc(C)nc3)c3cccc(Cl)c3)C=C12. The number of benzene rings is 2. The highest BCUT2D eigenvalue weighted by molar-refractivity contribution is 6.30. The Labute approximate surface area is 194 Å². The summed E-state index contributed by atoms with van der Waals surface area (Å²) >= 11 is 6.38. The van der Waals surface area contributed by atoms with Crippen LogP contribution in [0.25, 0.3) is 5.57 Å². The molecule has 2 aromatic carbocycles. The minimum atomic E-state index is 0.0779. The van der Waals surface area contributed by atoms with Gasteiger partial charge in [0.05, 0.1) is 6.04 Å². The topological polar surface area (TPSA) is 25.2 Å². The third kappa shape index (κ3) is 3.99. The maximum Gasteiger partial charge on any atom is 0.0786 e. The van der Waals surface area contributed by atoms with Gasteiger partial charge in [-0.15, -0.1) is 0 Å². The van der Waals surface area contributed by atoms with E-state index in [1.807, 2.05) is 37.5 Å². The smallest absolute Gasteiger partial charge is 0.0786 e. The van der Waals surface area contributed by atoms with E-state index in [1.54, 1.807) is 0 Å². The molecule has 158 valence electrons. The molecular weight excluding hydrogens is 412 g/mol. The zero-order valence-electron chi connectivity index (χ0n) is 18.3. The van der Waals surface area contributed by atoms with Gasteiger partial charge >= 0.3 is 0 Å². The Morgan fingerprint density at radius 2 is 1.78 bits per heavy atom. The summed E-state index contributed by atoms with van der Waals surface area (Å²) in [5.41, 5.74) is 9.64. The van der Waals surface area contributed by atoms with Crippen molar-refractivity contribution in [2.45, 2.75) is 32.2 Å². The molecule has 0 N–H and O–H groups in total. The number of aromatic nitrogens is 1. The van der Waals surface area contributed by atoms with Crippen molar-refractivity contribution in [2.75, 3.05) is 0 Å². The van der Waals surface area contributed by atoms with E-state index in [0.717, 1.165) is 17.1 Å². The van der Waals surface area contributed by atoms with Crippen molar-refractivity contribution in [1.29, 1.82) is 0 Å². The highest BCUT2D eigenvalue weighted by Gasteiger charge is 2.27. The van der Waals surface area contributed by atoms with Crippen LogP contribution in [-0.4, -0.2) is 17.2 Å². The first-order chi connectivity index (χ1) is 15.6. The number of pyridine rings is 1. The number of dihydropyridines is 1. The molecular formula is C29H25ClN2. The van der Waals surface area contributed by atoms with Gasteiger partial charge in [0.1, 0.15) is 0 Å². The minimum absolute atomic E-state index is 0.0779. The van der Waals surface area contributed by atoms with Gasteiger partial charge in [0.15, 0.2) is 0 Å². The molecule has 0 saturated carbocycles. The molecule has 2 aliphatic rings. The fourth-order valence-corrected chi connectivity index (χ4v) is 4.85. The molecule has 1 aliphatic carbocycles. The molecule has 1 aliphatic heterocycles. The van der Waals surface area contributed by atoms with Gasteiger partial charge in [0.25, 0.3) is 0 Å². The quantitative estimate of drug-likeness (QED) is 0.419. The third-order valence-electron chi connectivity index (χ3n) is 6.35. The number of hydrogen-bond acceptors (Lipinski definition) is 2. The normalized spacial score (nSPS) is 18.7. The summed E-state index contributed by atoms with van der Waals surface area (Å²) < 4.78 is 0. The Morgan fingerprint density at radius 3 is 2.53 bits per heavy atom. The predicted molar refractivity (Wildman–Crippen MR) is 134 cm³/mol. The van der Waals surface area contributed by atoms with E-state index < -0.39 is 0 Å². The number of aliphatic imine (C=N–C) groups is 1. The van der Waals surface area contributed by atoms with Gasteiger partial charge in [-0.3, -0.25) is 9.98 Å². The van der Waals surface area contributed by atoms with Crippen molar-refractivity contribution < 1.29 is 0 Å². The van der Waals surface area contributed by atoms with E-state index in [-0.39, 0.29) is 12.0 Å². The zero-order chi connectivity index (χ0) is 22.1. The molecule has 2 nitrogen and oxygen atoms in total. The molecule has 0 radical (unpaired) electrons. The fourth-order valence-electron chi connectivity index (χ4n) is 4.65. The highest BCUT2D eigenvalue weighted by Crippen LogP contribution is 2.40. The fraction of sp³-hybridized carbons (Fsp3) is 0.172. The van der Waals surface area contributed by atoms with Crippen LogP contribution in [0.1, 0.15) is 41.6 Å². The standard InChI is InChI=1S/C29H25ClN2/c1-19-11-12-24(17-31-19)29(22-9-6-10-25(30)15-22)23-13-14-28-26(16-23)20(2)27(18-32-28)21-7-4-3-5-8-21/h3-13,15-18,28-29H,14H2,1-2H3. The number of aryl methyl sites for hydroxylation is 1. The van der Waals surface area contributed by atoms with E-state index in [0.29, 0.717) is 0 Å². The Hall–Kier alpha value is -3.23. The van der Waals surface area contributed by atoms with Gasteiger partial charge in [-0.1, -0.05) is 72.3 Å². The molecule has 0 spiro atoms. The summed E-state index contributed by atoms with van der Waals surface area (Å²) in [5.74, 6) is 0.0779. The van der Waals surface area contributed by atoms with Crippen LogP contribution in [0.15, 0.2) is 107 Å². The second-order valence-electron chi connectivity index (χ2n) is 8.46. The van der Waals surface area contributed by atoms with Gasteiger partial charge in [0, 0.05) is 34.6 Å². The molecule has 0 bridgehead atoms. The summed E-state index contributed by atoms with van der Waals surface area (Å²) in [7, 11) is 0. The lowest BCUT2D eigenvalue weighted by Crippen LogP contribution is -2.19. The third-order valence-corrected chi connectivity index (χ3v) is 6.58. The Bertz CT molecular complexity index is 1260. The maximum atomic E-state index is 6.38. The van der Waals surface area contributed by atoms with Crippen LogP contribution in [-0.2, 0) is 0 Å². The molecule has 2 unspecified atom stereocenters. The monoisotopic (exact) mass is 436 g/mol. The molecule has 0 amide bonds. The zero-order valence-corrected chi connectivity index (χ0v) is 19.1. The summed E-state index contributed by atoms with van der Waals surface area (Å²) in [4.78, 5) is 9.47. The van der Waals surface area contributed by atoms with Gasteiger partial charge in [-0.2, -0.15) is 0 Å². The van der Waals surface area contributed by atoms with E-state index in [2.05, 4.69) is 72.6 Å². The van der Waals surface area contributed by atoms with Crippen LogP contribution < -0.4 is 0 Å². The number of allylic oxidation sites excluding steroid dienone is 3. The number of rotatable bonds is 4. The number of hydrogen-bond donors (Lipinski definition) is 0. The van der Waals surface area contributed by atoms with Crippen molar-refractivity contribution >= 4 is 23.4 Å². The molecule has 0 fully saturated rings. The Kier molecular flexibility index (Phi) is 5.63. The highest BCUT2D eigenvalue weighted by atomic mass is 35.5. The van der Waals surface area contributed by atoms with Crippen LogP contribution in [0.5, 0.6) is 0 Å². The van der Waals surface area contributed by atoms with E-state index in [4.69, 9.17) is 16.6 Å². The molecule has 2 heterocycles. The van der Waals surface area contributed by atoms with Crippen LogP contribution in [0.2, 0.25) is 5.02 Å². The summed E-state index contributed by atoms with van der Waals surface area (Å²) in [6.07, 6.45) is 9.60. The van der Waals surface area contributed by atoms with Gasteiger partial charge in [-0.05, 0) is 71.9 Å². The number of halogens is 1. The Morgan fingerprint density at radius 1 is 0.938 bits per heavy atom. The van der Waals surface area contributed by atoms with E-state index in [1.165, 1.54) is 39.0 Å². The maximum absolute atomic E-state index is 6.38. The first kappa shape index (κ1) is 20.7. The average Bonchev–Trinajstić information content (AvgIpc) is 2.82. The summed E-state index contributed by atoms with van der Waals surface area (Å²) in [5, 5.41) is 0.749. The van der Waals surface area contributed by atoms with Crippen molar-refractivity contribution in [3.05, 3.63) is 129 Å². The number of fused-ring (bicyclic) bond motifs is 1. The lowest BCUT2D eigenvalue weighted by molar-refractivity contribution is 0.762. The van der Waals surface area contributed by atoms with Crippen molar-refractivity contribution in [3.63, 3.8) is 0 Å². The molecule has 3 aromatic rings. The lowest BCUT2D eigenvalue weighted by atomic mass is 9.78. The van der Waals surface area contributed by atoms with Crippen LogP contribution in [0, 0.1) is 6.92 Å². The summed E-state index contributed by atoms with van der Waals surface area (Å²) in [6, 6.07) is 23.1. The van der Waals surface area contributed by atoms with Crippen molar-refractivity contribution in [1.82, 2.24) is 4.98 Å². The second kappa shape index (κ2) is 8.72. The largest absolute Gasteiger partial charge is 0.284 e. The van der Waals surface area contributed by atoms with E-state index in [9.17, 15) is 0 Å². The second-order valence-corrected chi connectivity index (χ2v) is 8.90. The van der Waals surface area contributed by atoms with Crippen LogP contribution in [0.3, 0.4) is 0 Å². The number of nitrogens with zero attached hydrogens (tertiary/aromatic N) is 2. The van der Waals surface area contributed by atoms with E-state index >= 15 is 0 Å². The van der Waals surface area contributed by atoms with Gasteiger partial charge in [-0.25, -0.2) is 0 Å². The molecule has 5 rings (SSSR count). The first-order valence-corrected chi connectivity index (χ1v) is 11.4. The van der Waals surface area contributed by atoms with Crippen LogP contribution >= 0.6 is 11.6 Å². The van der Waals surface area contributed by atoms with Gasteiger partial charge < -0.3 is 0 Å². The lowest BCUT2D eigenvalue weighted by Gasteiger charge is -2.29.